The molecule has 0 amide bonds. The zero-order valence-electron chi connectivity index (χ0n) is 12.6. The molecule has 1 saturated heterocycles. The molecule has 0 aromatic carbocycles. The summed E-state index contributed by atoms with van der Waals surface area (Å²) in [5, 5.41) is 3.86. The molecule has 1 aliphatic carbocycles. The van der Waals surface area contributed by atoms with Crippen molar-refractivity contribution in [3.63, 3.8) is 0 Å². The Hall–Kier alpha value is -0.0800. The molecule has 0 bridgehead atoms. The molecule has 1 N–H and O–H groups in total. The van der Waals surface area contributed by atoms with Gasteiger partial charge in [0.2, 0.25) is 0 Å². The highest BCUT2D eigenvalue weighted by Crippen LogP contribution is 2.29. The minimum absolute atomic E-state index is 0.801. The molecular weight excluding hydrogens is 220 g/mol. The minimum Gasteiger partial charge on any atom is -0.312 e. The van der Waals surface area contributed by atoms with E-state index >= 15 is 0 Å². The van der Waals surface area contributed by atoms with Crippen LogP contribution in [0.25, 0.3) is 0 Å². The maximum Gasteiger partial charge on any atom is 0.0218 e. The Kier molecular flexibility index (Phi) is 5.50. The Morgan fingerprint density at radius 3 is 2.67 bits per heavy atom. The lowest BCUT2D eigenvalue weighted by molar-refractivity contribution is 0.232. The minimum atomic E-state index is 0.801. The lowest BCUT2D eigenvalue weighted by Crippen LogP contribution is -2.42. The van der Waals surface area contributed by atoms with E-state index in [2.05, 4.69) is 31.1 Å². The summed E-state index contributed by atoms with van der Waals surface area (Å²) >= 11 is 0. The summed E-state index contributed by atoms with van der Waals surface area (Å²) in [6.07, 6.45) is 9.96. The van der Waals surface area contributed by atoms with Crippen molar-refractivity contribution in [2.45, 2.75) is 70.9 Å². The average molecular weight is 252 g/mol. The van der Waals surface area contributed by atoms with E-state index in [1.807, 2.05) is 0 Å². The molecule has 106 valence electrons. The largest absolute Gasteiger partial charge is 0.312 e. The summed E-state index contributed by atoms with van der Waals surface area (Å²) in [7, 11) is 2.28. The van der Waals surface area contributed by atoms with Gasteiger partial charge in [-0.25, -0.2) is 0 Å². The van der Waals surface area contributed by atoms with E-state index < -0.39 is 0 Å². The van der Waals surface area contributed by atoms with Gasteiger partial charge in [-0.05, 0) is 57.5 Å². The third-order valence-corrected chi connectivity index (χ3v) is 4.90. The van der Waals surface area contributed by atoms with E-state index in [1.54, 1.807) is 0 Å². The highest BCUT2D eigenvalue weighted by molar-refractivity contribution is 4.83. The van der Waals surface area contributed by atoms with Gasteiger partial charge in [-0.15, -0.1) is 0 Å². The second-order valence-electron chi connectivity index (χ2n) is 7.04. The Labute approximate surface area is 114 Å². The molecule has 2 nitrogen and oxygen atoms in total. The molecule has 1 heterocycles. The first-order valence-corrected chi connectivity index (χ1v) is 8.08. The number of rotatable bonds is 5. The Morgan fingerprint density at radius 2 is 2.00 bits per heavy atom. The van der Waals surface area contributed by atoms with Crippen LogP contribution in [0.1, 0.15) is 58.8 Å². The Bertz CT molecular complexity index is 239. The maximum atomic E-state index is 3.86. The first-order chi connectivity index (χ1) is 8.65. The van der Waals surface area contributed by atoms with Crippen molar-refractivity contribution in [3.8, 4) is 0 Å². The van der Waals surface area contributed by atoms with Crippen molar-refractivity contribution in [1.82, 2.24) is 10.2 Å². The molecule has 18 heavy (non-hydrogen) atoms. The van der Waals surface area contributed by atoms with Crippen LogP contribution >= 0.6 is 0 Å². The van der Waals surface area contributed by atoms with Gasteiger partial charge in [-0.3, -0.25) is 0 Å². The van der Waals surface area contributed by atoms with E-state index in [1.165, 1.54) is 58.0 Å². The number of hydrogen-bond donors (Lipinski definition) is 1. The number of likely N-dealkylation sites (N-methyl/N-ethyl adjacent to an activating group) is 1. The van der Waals surface area contributed by atoms with Gasteiger partial charge in [-0.1, -0.05) is 26.7 Å². The molecule has 3 unspecified atom stereocenters. The van der Waals surface area contributed by atoms with Crippen LogP contribution < -0.4 is 5.32 Å². The summed E-state index contributed by atoms with van der Waals surface area (Å²) in [6, 6.07) is 1.60. The molecule has 0 aromatic heterocycles. The molecule has 1 saturated carbocycles. The molecule has 0 radical (unpaired) electrons. The van der Waals surface area contributed by atoms with E-state index in [-0.39, 0.29) is 0 Å². The molecule has 2 aliphatic rings. The zero-order valence-corrected chi connectivity index (χ0v) is 12.6. The van der Waals surface area contributed by atoms with Crippen molar-refractivity contribution in [2.24, 2.45) is 11.8 Å². The SMILES string of the molecule is CC(C)CC1CCCC(NCC2CCCN2C)C1. The fourth-order valence-electron chi connectivity index (χ4n) is 3.90. The lowest BCUT2D eigenvalue weighted by Gasteiger charge is -2.32. The summed E-state index contributed by atoms with van der Waals surface area (Å²) < 4.78 is 0. The van der Waals surface area contributed by atoms with E-state index in [4.69, 9.17) is 0 Å². The molecule has 0 spiro atoms. The van der Waals surface area contributed by atoms with Gasteiger partial charge in [0.05, 0.1) is 0 Å². The summed E-state index contributed by atoms with van der Waals surface area (Å²) in [4.78, 5) is 2.53. The van der Waals surface area contributed by atoms with Crippen molar-refractivity contribution in [3.05, 3.63) is 0 Å². The maximum absolute atomic E-state index is 3.86. The van der Waals surface area contributed by atoms with Gasteiger partial charge < -0.3 is 10.2 Å². The quantitative estimate of drug-likeness (QED) is 0.808. The highest BCUT2D eigenvalue weighted by atomic mass is 15.2. The van der Waals surface area contributed by atoms with E-state index in [9.17, 15) is 0 Å². The Morgan fingerprint density at radius 1 is 1.17 bits per heavy atom. The van der Waals surface area contributed by atoms with Crippen LogP contribution in [0, 0.1) is 11.8 Å². The fourth-order valence-corrected chi connectivity index (χ4v) is 3.90. The van der Waals surface area contributed by atoms with Crippen LogP contribution in [0.5, 0.6) is 0 Å². The average Bonchev–Trinajstić information content (AvgIpc) is 2.72. The predicted molar refractivity (Wildman–Crippen MR) is 78.9 cm³/mol. The van der Waals surface area contributed by atoms with Gasteiger partial charge in [0.15, 0.2) is 0 Å². The monoisotopic (exact) mass is 252 g/mol. The van der Waals surface area contributed by atoms with Gasteiger partial charge in [0.25, 0.3) is 0 Å². The van der Waals surface area contributed by atoms with Crippen LogP contribution in [0.2, 0.25) is 0 Å². The molecule has 0 aromatic rings. The third-order valence-electron chi connectivity index (χ3n) is 4.90. The summed E-state index contributed by atoms with van der Waals surface area (Å²) in [5.41, 5.74) is 0. The molecule has 2 rings (SSSR count). The molecule has 3 atom stereocenters. The number of likely N-dealkylation sites (tertiary alicyclic amines) is 1. The van der Waals surface area contributed by atoms with E-state index in [0.29, 0.717) is 0 Å². The van der Waals surface area contributed by atoms with Crippen LogP contribution in [0.15, 0.2) is 0 Å². The van der Waals surface area contributed by atoms with Crippen LogP contribution in [0.3, 0.4) is 0 Å². The van der Waals surface area contributed by atoms with Crippen molar-refractivity contribution in [2.75, 3.05) is 20.1 Å². The van der Waals surface area contributed by atoms with Gasteiger partial charge in [-0.2, -0.15) is 0 Å². The Balaban J connectivity index is 1.69. The van der Waals surface area contributed by atoms with Gasteiger partial charge in [0, 0.05) is 18.6 Å². The molecule has 2 heteroatoms. The zero-order chi connectivity index (χ0) is 13.0. The molecule has 2 fully saturated rings. The number of nitrogens with one attached hydrogen (secondary N) is 1. The van der Waals surface area contributed by atoms with Crippen molar-refractivity contribution in [1.29, 1.82) is 0 Å². The van der Waals surface area contributed by atoms with Crippen LogP contribution in [0.4, 0.5) is 0 Å². The topological polar surface area (TPSA) is 15.3 Å². The molecule has 1 aliphatic heterocycles. The number of hydrogen-bond acceptors (Lipinski definition) is 2. The smallest absolute Gasteiger partial charge is 0.0218 e. The van der Waals surface area contributed by atoms with Gasteiger partial charge >= 0.3 is 0 Å². The predicted octanol–water partition coefficient (Wildman–Crippen LogP) is 3.28. The normalized spacial score (nSPS) is 34.3. The second-order valence-corrected chi connectivity index (χ2v) is 7.04. The van der Waals surface area contributed by atoms with Crippen molar-refractivity contribution >= 4 is 0 Å². The van der Waals surface area contributed by atoms with Gasteiger partial charge in [0.1, 0.15) is 0 Å². The van der Waals surface area contributed by atoms with Crippen LogP contribution in [-0.2, 0) is 0 Å². The summed E-state index contributed by atoms with van der Waals surface area (Å²) in [6.45, 7) is 7.25. The second kappa shape index (κ2) is 6.91. The van der Waals surface area contributed by atoms with Crippen molar-refractivity contribution < 1.29 is 0 Å². The standard InChI is InChI=1S/C16H32N2/c1-13(2)10-14-6-4-7-15(11-14)17-12-16-8-5-9-18(16)3/h13-17H,4-12H2,1-3H3. The third kappa shape index (κ3) is 4.24. The highest BCUT2D eigenvalue weighted by Gasteiger charge is 2.25. The van der Waals surface area contributed by atoms with E-state index in [0.717, 1.165) is 23.9 Å². The molecular formula is C16H32N2. The first-order valence-electron chi connectivity index (χ1n) is 8.08. The first kappa shape index (κ1) is 14.3. The lowest BCUT2D eigenvalue weighted by atomic mass is 9.81. The fraction of sp³-hybridized carbons (Fsp3) is 1.00. The van der Waals surface area contributed by atoms with Crippen LogP contribution in [-0.4, -0.2) is 37.1 Å². The number of nitrogens with zero attached hydrogens (tertiary/aromatic N) is 1. The summed E-state index contributed by atoms with van der Waals surface area (Å²) in [5.74, 6) is 1.85.